The maximum Gasteiger partial charge on any atom is 0.262 e. The number of pyridine rings is 2. The van der Waals surface area contributed by atoms with Crippen molar-refractivity contribution in [1.29, 1.82) is 0 Å². The van der Waals surface area contributed by atoms with Gasteiger partial charge in [0, 0.05) is 56.4 Å². The second-order valence-electron chi connectivity index (χ2n) is 9.76. The molecule has 0 aromatic carbocycles. The van der Waals surface area contributed by atoms with Crippen molar-refractivity contribution in [1.82, 2.24) is 24.4 Å². The van der Waals surface area contributed by atoms with E-state index in [1.54, 1.807) is 18.6 Å². The summed E-state index contributed by atoms with van der Waals surface area (Å²) in [5, 5.41) is 4.08. The maximum atomic E-state index is 13.4. The third-order valence-electron chi connectivity index (χ3n) is 7.43. The van der Waals surface area contributed by atoms with Gasteiger partial charge in [-0.1, -0.05) is 12.8 Å². The number of nitrogens with zero attached hydrogens (tertiary/aromatic N) is 6. The largest absolute Gasteiger partial charge is 0.353 e. The van der Waals surface area contributed by atoms with Gasteiger partial charge in [-0.2, -0.15) is 0 Å². The topological polar surface area (TPSA) is 96.2 Å². The molecule has 190 valence electrons. The summed E-state index contributed by atoms with van der Waals surface area (Å²) >= 11 is 0. The van der Waals surface area contributed by atoms with Crippen LogP contribution < -0.4 is 15.8 Å². The van der Waals surface area contributed by atoms with Crippen molar-refractivity contribution in [3.63, 3.8) is 0 Å². The molecule has 3 aromatic heterocycles. The highest BCUT2D eigenvalue weighted by Gasteiger charge is 2.25. The van der Waals surface area contributed by atoms with Crippen LogP contribution in [0.3, 0.4) is 0 Å². The molecule has 1 aliphatic heterocycles. The minimum atomic E-state index is -0.200. The SMILES string of the molecule is CC(=O)c1c(C)c2cnc(Nc3cnc(N4CCN(CCP)CC4)cn3)cc2n(C2CCCC2)c1=O. The third kappa shape index (κ3) is 4.87. The van der Waals surface area contributed by atoms with Crippen molar-refractivity contribution in [2.24, 2.45) is 0 Å². The smallest absolute Gasteiger partial charge is 0.262 e. The van der Waals surface area contributed by atoms with E-state index in [-0.39, 0.29) is 22.9 Å². The first-order chi connectivity index (χ1) is 17.5. The van der Waals surface area contributed by atoms with Crippen LogP contribution in [0.15, 0.2) is 29.5 Å². The van der Waals surface area contributed by atoms with E-state index in [4.69, 9.17) is 0 Å². The van der Waals surface area contributed by atoms with Crippen LogP contribution in [0.1, 0.15) is 54.6 Å². The molecule has 1 unspecified atom stereocenters. The van der Waals surface area contributed by atoms with E-state index in [9.17, 15) is 9.59 Å². The lowest BCUT2D eigenvalue weighted by molar-refractivity contribution is 0.101. The van der Waals surface area contributed by atoms with Gasteiger partial charge in [-0.3, -0.25) is 14.5 Å². The Bertz CT molecular complexity index is 1310. The molecule has 0 bridgehead atoms. The first-order valence-corrected chi connectivity index (χ1v) is 13.6. The second kappa shape index (κ2) is 10.6. The van der Waals surface area contributed by atoms with E-state index < -0.39 is 0 Å². The van der Waals surface area contributed by atoms with Crippen LogP contribution in [0.4, 0.5) is 17.5 Å². The summed E-state index contributed by atoms with van der Waals surface area (Å²) in [4.78, 5) is 44.2. The number of Topliss-reactive ketones (excluding diaryl/α,β-unsaturated/α-hetero) is 1. The number of fused-ring (bicyclic) bond motifs is 1. The van der Waals surface area contributed by atoms with Crippen LogP contribution in [0.2, 0.25) is 0 Å². The third-order valence-corrected chi connectivity index (χ3v) is 7.69. The zero-order chi connectivity index (χ0) is 25.2. The molecule has 9 nitrogen and oxygen atoms in total. The minimum absolute atomic E-state index is 0.101. The van der Waals surface area contributed by atoms with Crippen molar-refractivity contribution >= 4 is 43.4 Å². The van der Waals surface area contributed by atoms with Crippen molar-refractivity contribution < 1.29 is 4.79 Å². The minimum Gasteiger partial charge on any atom is -0.353 e. The number of aryl methyl sites for hydroxylation is 1. The van der Waals surface area contributed by atoms with Gasteiger partial charge < -0.3 is 14.8 Å². The monoisotopic (exact) mass is 507 g/mol. The number of carbonyl (C=O) groups excluding carboxylic acids is 1. The van der Waals surface area contributed by atoms with E-state index in [1.807, 2.05) is 17.6 Å². The van der Waals surface area contributed by atoms with Crippen LogP contribution in [-0.4, -0.2) is 69.1 Å². The fourth-order valence-corrected chi connectivity index (χ4v) is 5.89. The van der Waals surface area contributed by atoms with Gasteiger partial charge in [0.15, 0.2) is 5.78 Å². The Morgan fingerprint density at radius 1 is 1.06 bits per heavy atom. The maximum absolute atomic E-state index is 13.4. The number of nitrogens with one attached hydrogen (secondary N) is 1. The zero-order valence-electron chi connectivity index (χ0n) is 21.0. The lowest BCUT2D eigenvalue weighted by atomic mass is 10.0. The van der Waals surface area contributed by atoms with Crippen LogP contribution in [0, 0.1) is 6.92 Å². The summed E-state index contributed by atoms with van der Waals surface area (Å²) < 4.78 is 1.82. The molecule has 0 spiro atoms. The molecule has 3 aromatic rings. The Labute approximate surface area is 213 Å². The fourth-order valence-electron chi connectivity index (χ4n) is 5.53. The van der Waals surface area contributed by atoms with Gasteiger partial charge >= 0.3 is 0 Å². The average molecular weight is 508 g/mol. The predicted molar refractivity (Wildman–Crippen MR) is 147 cm³/mol. The van der Waals surface area contributed by atoms with Gasteiger partial charge in [-0.15, -0.1) is 9.24 Å². The van der Waals surface area contributed by atoms with Crippen LogP contribution >= 0.6 is 9.24 Å². The first-order valence-electron chi connectivity index (χ1n) is 12.8. The molecular formula is C26H34N7O2P. The van der Waals surface area contributed by atoms with Gasteiger partial charge in [0.05, 0.1) is 23.5 Å². The number of carbonyl (C=O) groups is 1. The summed E-state index contributed by atoms with van der Waals surface area (Å²) in [6, 6.07) is 2.00. The van der Waals surface area contributed by atoms with Crippen LogP contribution in [0.25, 0.3) is 10.9 Å². The van der Waals surface area contributed by atoms with Gasteiger partial charge in [0.25, 0.3) is 5.56 Å². The number of ketones is 1. The molecule has 5 rings (SSSR count). The molecule has 1 atom stereocenters. The molecule has 0 radical (unpaired) electrons. The van der Waals surface area contributed by atoms with E-state index in [1.165, 1.54) is 6.92 Å². The highest BCUT2D eigenvalue weighted by molar-refractivity contribution is 7.16. The van der Waals surface area contributed by atoms with Gasteiger partial charge in [-0.25, -0.2) is 15.0 Å². The van der Waals surface area contributed by atoms with Crippen molar-refractivity contribution in [2.75, 3.05) is 49.1 Å². The van der Waals surface area contributed by atoms with Crippen molar-refractivity contribution in [3.8, 4) is 0 Å². The Morgan fingerprint density at radius 3 is 2.42 bits per heavy atom. The van der Waals surface area contributed by atoms with E-state index in [0.29, 0.717) is 17.2 Å². The number of hydrogen-bond donors (Lipinski definition) is 1. The molecule has 1 saturated carbocycles. The number of rotatable bonds is 7. The fraction of sp³-hybridized carbons (Fsp3) is 0.500. The average Bonchev–Trinajstić information content (AvgIpc) is 3.39. The Balaban J connectivity index is 1.41. The summed E-state index contributed by atoms with van der Waals surface area (Å²) in [6.45, 7) is 8.35. The van der Waals surface area contributed by atoms with Crippen molar-refractivity contribution in [3.05, 3.63) is 46.1 Å². The summed E-state index contributed by atoms with van der Waals surface area (Å²) in [7, 11) is 2.79. The molecule has 0 amide bonds. The van der Waals surface area contributed by atoms with Gasteiger partial charge in [0.1, 0.15) is 17.5 Å². The Kier molecular flexibility index (Phi) is 7.30. The summed E-state index contributed by atoms with van der Waals surface area (Å²) in [5.74, 6) is 1.87. The quantitative estimate of drug-likeness (QED) is 0.383. The number of piperazine rings is 1. The normalized spacial score (nSPS) is 17.1. The molecule has 4 heterocycles. The Hall–Kier alpha value is -2.90. The van der Waals surface area contributed by atoms with Gasteiger partial charge in [0.2, 0.25) is 0 Å². The molecule has 10 heteroatoms. The van der Waals surface area contributed by atoms with E-state index in [2.05, 4.69) is 39.3 Å². The second-order valence-corrected chi connectivity index (χ2v) is 10.3. The highest BCUT2D eigenvalue weighted by atomic mass is 31.0. The molecule has 1 saturated heterocycles. The molecule has 36 heavy (non-hydrogen) atoms. The number of aromatic nitrogens is 4. The zero-order valence-corrected chi connectivity index (χ0v) is 22.2. The molecule has 2 fully saturated rings. The van der Waals surface area contributed by atoms with Crippen LogP contribution in [-0.2, 0) is 0 Å². The number of anilines is 3. The summed E-state index contributed by atoms with van der Waals surface area (Å²) in [6.07, 6.45) is 10.4. The van der Waals surface area contributed by atoms with Gasteiger partial charge in [-0.05, 0) is 38.4 Å². The molecule has 2 aliphatic rings. The predicted octanol–water partition coefficient (Wildman–Crippen LogP) is 3.55. The molecular weight excluding hydrogens is 473 g/mol. The Morgan fingerprint density at radius 2 is 1.78 bits per heavy atom. The first kappa shape index (κ1) is 24.8. The highest BCUT2D eigenvalue weighted by Crippen LogP contribution is 2.33. The summed E-state index contributed by atoms with van der Waals surface area (Å²) in [5.41, 5.74) is 1.57. The number of hydrogen-bond acceptors (Lipinski definition) is 8. The lowest BCUT2D eigenvalue weighted by Crippen LogP contribution is -2.47. The van der Waals surface area contributed by atoms with Crippen LogP contribution in [0.5, 0.6) is 0 Å². The van der Waals surface area contributed by atoms with E-state index in [0.717, 1.165) is 81.3 Å². The van der Waals surface area contributed by atoms with Crippen molar-refractivity contribution in [2.45, 2.75) is 45.6 Å². The molecule has 1 aliphatic carbocycles. The molecule has 1 N–H and O–H groups in total. The van der Waals surface area contributed by atoms with E-state index >= 15 is 0 Å². The standard InChI is InChI=1S/C26H34N7O2P/c1-17-20-14-27-22(13-21(20)33(19-5-3-4-6-19)26(35)25(17)18(2)34)30-23-15-29-24(16-28-23)32-9-7-31(8-10-32)11-12-36/h13-16,19H,3-12,36H2,1-2H3,(H,27,28,30). The lowest BCUT2D eigenvalue weighted by Gasteiger charge is -2.35.